The molecule has 1 aliphatic heterocycles. The van der Waals surface area contributed by atoms with E-state index < -0.39 is 23.7 Å². The Bertz CT molecular complexity index is 1160. The van der Waals surface area contributed by atoms with Crippen LogP contribution in [0.1, 0.15) is 6.42 Å². The second-order valence-corrected chi connectivity index (χ2v) is 7.35. The maximum absolute atomic E-state index is 13.2. The molecule has 3 aromatic rings. The van der Waals surface area contributed by atoms with E-state index >= 15 is 0 Å². The molecule has 0 saturated heterocycles. The summed E-state index contributed by atoms with van der Waals surface area (Å²) in [5.41, 5.74) is 7.25. The Kier molecular flexibility index (Phi) is 5.62. The highest BCUT2D eigenvalue weighted by Gasteiger charge is 2.35. The van der Waals surface area contributed by atoms with Gasteiger partial charge in [0.1, 0.15) is 17.6 Å². The van der Waals surface area contributed by atoms with Crippen molar-refractivity contribution in [2.45, 2.75) is 17.6 Å². The lowest BCUT2D eigenvalue weighted by atomic mass is 10.1. The van der Waals surface area contributed by atoms with Crippen LogP contribution in [0.4, 0.5) is 15.8 Å². The quantitative estimate of drug-likeness (QED) is 0.556. The molecule has 0 aliphatic carbocycles. The number of nitrogens with two attached hydrogens (primary N) is 1. The van der Waals surface area contributed by atoms with Crippen LogP contribution >= 0.6 is 11.8 Å². The lowest BCUT2D eigenvalue weighted by Crippen LogP contribution is -2.39. The molecular weight excluding hydrogens is 423 g/mol. The zero-order valence-corrected chi connectivity index (χ0v) is 17.1. The van der Waals surface area contributed by atoms with Gasteiger partial charge in [0, 0.05) is 12.1 Å². The Balaban J connectivity index is 1.56. The average molecular weight is 440 g/mol. The maximum atomic E-state index is 13.2. The van der Waals surface area contributed by atoms with Crippen LogP contribution in [0.3, 0.4) is 0 Å². The van der Waals surface area contributed by atoms with Gasteiger partial charge in [0.25, 0.3) is 5.91 Å². The molecule has 2 amide bonds. The molecule has 158 valence electrons. The molecule has 0 radical (unpaired) electrons. The zero-order valence-electron chi connectivity index (χ0n) is 16.3. The second-order valence-electron chi connectivity index (χ2n) is 6.57. The number of tetrazole rings is 1. The summed E-state index contributed by atoms with van der Waals surface area (Å²) in [4.78, 5) is 24.7. The van der Waals surface area contributed by atoms with E-state index in [9.17, 15) is 14.0 Å². The molecule has 1 unspecified atom stereocenters. The van der Waals surface area contributed by atoms with Crippen molar-refractivity contribution in [2.75, 3.05) is 16.6 Å². The van der Waals surface area contributed by atoms with E-state index in [2.05, 4.69) is 25.9 Å². The van der Waals surface area contributed by atoms with E-state index in [1.807, 2.05) is 6.26 Å². The van der Waals surface area contributed by atoms with Crippen molar-refractivity contribution in [2.24, 2.45) is 10.8 Å². The number of aromatic nitrogens is 4. The van der Waals surface area contributed by atoms with Gasteiger partial charge in [-0.25, -0.2) is 4.39 Å². The molecular formula is C19H17FN8O2S. The van der Waals surface area contributed by atoms with Crippen molar-refractivity contribution in [3.05, 3.63) is 54.3 Å². The molecule has 1 aromatic heterocycles. The standard InChI is InChI=1S/C19H17FN8O2S/c1-31-19-23-25-26-28(19)14-4-2-3-12(9-14)22-18(30)15-10-16(17(21)29)27(24-15)13-7-5-11(20)6-8-13/h2-9,16H,10H2,1H3,(H2,21,29)(H,22,30). The summed E-state index contributed by atoms with van der Waals surface area (Å²) in [7, 11) is 0. The number of primary amides is 1. The Morgan fingerprint density at radius 1 is 1.19 bits per heavy atom. The first-order valence-electron chi connectivity index (χ1n) is 9.12. The molecule has 2 aromatic carbocycles. The summed E-state index contributed by atoms with van der Waals surface area (Å²) in [5.74, 6) is -1.54. The van der Waals surface area contributed by atoms with Gasteiger partial charge in [-0.3, -0.25) is 14.6 Å². The van der Waals surface area contributed by atoms with Gasteiger partial charge in [-0.15, -0.1) is 5.10 Å². The first-order valence-corrected chi connectivity index (χ1v) is 10.3. The third-order valence-corrected chi connectivity index (χ3v) is 5.18. The lowest BCUT2D eigenvalue weighted by Gasteiger charge is -2.20. The molecule has 10 nitrogen and oxygen atoms in total. The van der Waals surface area contributed by atoms with Crippen molar-refractivity contribution < 1.29 is 14.0 Å². The number of halogens is 1. The summed E-state index contributed by atoms with van der Waals surface area (Å²) in [6.07, 6.45) is 1.88. The first kappa shape index (κ1) is 20.5. The number of anilines is 2. The number of thioether (sulfide) groups is 1. The summed E-state index contributed by atoms with van der Waals surface area (Å²) in [6, 6.07) is 11.6. The van der Waals surface area contributed by atoms with E-state index in [1.54, 1.807) is 28.9 Å². The fourth-order valence-corrected chi connectivity index (χ4v) is 3.52. The molecule has 1 atom stereocenters. The minimum atomic E-state index is -0.845. The molecule has 0 saturated carbocycles. The van der Waals surface area contributed by atoms with E-state index in [-0.39, 0.29) is 12.1 Å². The number of hydrogen-bond acceptors (Lipinski definition) is 8. The topological polar surface area (TPSA) is 131 Å². The van der Waals surface area contributed by atoms with Crippen molar-refractivity contribution >= 4 is 40.7 Å². The summed E-state index contributed by atoms with van der Waals surface area (Å²) in [6.45, 7) is 0. The molecule has 4 rings (SSSR count). The highest BCUT2D eigenvalue weighted by molar-refractivity contribution is 7.98. The fraction of sp³-hybridized carbons (Fsp3) is 0.158. The number of hydrazone groups is 1. The van der Waals surface area contributed by atoms with Crippen molar-refractivity contribution in [1.29, 1.82) is 0 Å². The normalized spacial score (nSPS) is 15.6. The first-order chi connectivity index (χ1) is 15.0. The zero-order chi connectivity index (χ0) is 22.0. The van der Waals surface area contributed by atoms with Crippen molar-refractivity contribution in [3.63, 3.8) is 0 Å². The number of hydrogen-bond donors (Lipinski definition) is 2. The lowest BCUT2D eigenvalue weighted by molar-refractivity contribution is -0.119. The van der Waals surface area contributed by atoms with Crippen LogP contribution in [0.25, 0.3) is 5.69 Å². The summed E-state index contributed by atoms with van der Waals surface area (Å²) in [5, 5.41) is 20.5. The Morgan fingerprint density at radius 2 is 1.97 bits per heavy atom. The predicted octanol–water partition coefficient (Wildman–Crippen LogP) is 1.58. The van der Waals surface area contributed by atoms with E-state index in [4.69, 9.17) is 5.73 Å². The second kappa shape index (κ2) is 8.52. The van der Waals surface area contributed by atoms with Crippen LogP contribution < -0.4 is 16.1 Å². The van der Waals surface area contributed by atoms with Gasteiger partial charge in [0.2, 0.25) is 11.1 Å². The molecule has 0 bridgehead atoms. The van der Waals surface area contributed by atoms with Crippen LogP contribution in [0.5, 0.6) is 0 Å². The maximum Gasteiger partial charge on any atom is 0.271 e. The highest BCUT2D eigenvalue weighted by Crippen LogP contribution is 2.26. The van der Waals surface area contributed by atoms with Gasteiger partial charge in [0.05, 0.1) is 11.4 Å². The number of carbonyl (C=O) groups excluding carboxylic acids is 2. The molecule has 0 spiro atoms. The van der Waals surface area contributed by atoms with Crippen molar-refractivity contribution in [3.8, 4) is 5.69 Å². The Labute approximate surface area is 180 Å². The number of amides is 2. The summed E-state index contributed by atoms with van der Waals surface area (Å²) < 4.78 is 14.8. The Hall–Kier alpha value is -3.80. The molecule has 31 heavy (non-hydrogen) atoms. The van der Waals surface area contributed by atoms with Crippen LogP contribution in [-0.4, -0.2) is 50.0 Å². The smallest absolute Gasteiger partial charge is 0.271 e. The minimum absolute atomic E-state index is 0.0296. The van der Waals surface area contributed by atoms with Gasteiger partial charge in [0.15, 0.2) is 0 Å². The fourth-order valence-electron chi connectivity index (χ4n) is 3.09. The van der Waals surface area contributed by atoms with Gasteiger partial charge >= 0.3 is 0 Å². The molecule has 12 heteroatoms. The molecule has 3 N–H and O–H groups in total. The highest BCUT2D eigenvalue weighted by atomic mass is 32.2. The van der Waals surface area contributed by atoms with E-state index in [0.717, 1.165) is 0 Å². The number of nitrogens with zero attached hydrogens (tertiary/aromatic N) is 6. The predicted molar refractivity (Wildman–Crippen MR) is 113 cm³/mol. The van der Waals surface area contributed by atoms with Gasteiger partial charge < -0.3 is 11.1 Å². The van der Waals surface area contributed by atoms with Crippen LogP contribution in [-0.2, 0) is 9.59 Å². The third kappa shape index (κ3) is 4.23. The van der Waals surface area contributed by atoms with Crippen LogP contribution in [0, 0.1) is 5.82 Å². The average Bonchev–Trinajstić information content (AvgIpc) is 3.42. The largest absolute Gasteiger partial charge is 0.368 e. The van der Waals surface area contributed by atoms with Crippen LogP contribution in [0.15, 0.2) is 58.8 Å². The SMILES string of the molecule is CSc1nnnn1-c1cccc(NC(=O)C2=NN(c3ccc(F)cc3)C(C(N)=O)C2)c1. The molecule has 2 heterocycles. The molecule has 1 aliphatic rings. The number of nitrogens with one attached hydrogen (secondary N) is 1. The van der Waals surface area contributed by atoms with Crippen LogP contribution in [0.2, 0.25) is 0 Å². The Morgan fingerprint density at radius 3 is 2.68 bits per heavy atom. The van der Waals surface area contributed by atoms with Crippen molar-refractivity contribution in [1.82, 2.24) is 20.2 Å². The number of carbonyl (C=O) groups is 2. The van der Waals surface area contributed by atoms with Gasteiger partial charge in [-0.2, -0.15) is 9.78 Å². The monoisotopic (exact) mass is 440 g/mol. The van der Waals surface area contributed by atoms with E-state index in [0.29, 0.717) is 22.2 Å². The van der Waals surface area contributed by atoms with E-state index in [1.165, 1.54) is 41.0 Å². The number of rotatable bonds is 6. The summed E-state index contributed by atoms with van der Waals surface area (Å²) >= 11 is 1.39. The number of benzene rings is 2. The minimum Gasteiger partial charge on any atom is -0.368 e. The molecule has 0 fully saturated rings. The van der Waals surface area contributed by atoms with Gasteiger partial charge in [-0.1, -0.05) is 17.8 Å². The van der Waals surface area contributed by atoms with Gasteiger partial charge in [-0.05, 0) is 59.1 Å². The third-order valence-electron chi connectivity index (χ3n) is 4.56.